The molecule has 0 aliphatic carbocycles. The van der Waals surface area contributed by atoms with E-state index in [0.29, 0.717) is 11.5 Å². The molecule has 0 radical (unpaired) electrons. The van der Waals surface area contributed by atoms with Gasteiger partial charge in [0.25, 0.3) is 0 Å². The lowest BCUT2D eigenvalue weighted by atomic mass is 10.2. The van der Waals surface area contributed by atoms with Crippen LogP contribution in [0.2, 0.25) is 0 Å². The van der Waals surface area contributed by atoms with Gasteiger partial charge in [0.15, 0.2) is 17.8 Å². The lowest BCUT2D eigenvalue weighted by molar-refractivity contribution is 0.241. The second-order valence-electron chi connectivity index (χ2n) is 2.54. The number of rotatable bonds is 0. The molecule has 12 heavy (non-hydrogen) atoms. The third kappa shape index (κ3) is 1.03. The van der Waals surface area contributed by atoms with Crippen molar-refractivity contribution in [3.05, 3.63) is 36.0 Å². The maximum atomic E-state index is 12.6. The number of ether oxygens (including phenoxy) is 2. The molecular weight excluding hydrogens is 159 g/mol. The normalized spacial score (nSPS) is 14.0. The molecule has 1 aliphatic rings. The van der Waals surface area contributed by atoms with Crippen LogP contribution < -0.4 is 9.47 Å². The van der Waals surface area contributed by atoms with Gasteiger partial charge in [0.1, 0.15) is 0 Å². The third-order valence-electron chi connectivity index (χ3n) is 1.65. The van der Waals surface area contributed by atoms with E-state index in [2.05, 4.69) is 0 Å². The second kappa shape index (κ2) is 2.52. The summed E-state index contributed by atoms with van der Waals surface area (Å²) in [5.41, 5.74) is 0.857. The van der Waals surface area contributed by atoms with E-state index in [0.717, 1.165) is 11.8 Å². The van der Waals surface area contributed by atoms with Crippen LogP contribution in [0, 0.1) is 6.92 Å². The zero-order valence-corrected chi connectivity index (χ0v) is 6.50. The van der Waals surface area contributed by atoms with E-state index >= 15 is 0 Å². The van der Waals surface area contributed by atoms with Crippen LogP contribution in [-0.4, -0.2) is 0 Å². The molecule has 2 nitrogen and oxygen atoms in total. The number of hydrogen-bond donors (Lipinski definition) is 0. The highest BCUT2D eigenvalue weighted by molar-refractivity contribution is 5.48. The standard InChI is InChI=1S/C9H7FO2/c1-6-3-2-4-7-9(6)12-8(10)5-11-7/h2-5H,1H3. The predicted octanol–water partition coefficient (Wildman–Crippen LogP) is 2.53. The van der Waals surface area contributed by atoms with E-state index < -0.39 is 6.01 Å². The van der Waals surface area contributed by atoms with Crippen molar-refractivity contribution in [2.45, 2.75) is 6.92 Å². The quantitative estimate of drug-likeness (QED) is 0.589. The lowest BCUT2D eigenvalue weighted by Gasteiger charge is -2.14. The summed E-state index contributed by atoms with van der Waals surface area (Å²) in [5.74, 6) is 1.01. The average molecular weight is 166 g/mol. The van der Waals surface area contributed by atoms with E-state index in [1.807, 2.05) is 19.1 Å². The molecule has 0 fully saturated rings. The van der Waals surface area contributed by atoms with Crippen LogP contribution in [0.25, 0.3) is 0 Å². The summed E-state index contributed by atoms with van der Waals surface area (Å²) < 4.78 is 22.3. The van der Waals surface area contributed by atoms with Gasteiger partial charge in [-0.3, -0.25) is 0 Å². The minimum atomic E-state index is -0.711. The van der Waals surface area contributed by atoms with E-state index in [1.165, 1.54) is 0 Å². The maximum Gasteiger partial charge on any atom is 0.314 e. The highest BCUT2D eigenvalue weighted by atomic mass is 19.1. The Labute approximate surface area is 69.2 Å². The summed E-state index contributed by atoms with van der Waals surface area (Å²) >= 11 is 0. The predicted molar refractivity (Wildman–Crippen MR) is 41.6 cm³/mol. The summed E-state index contributed by atoms with van der Waals surface area (Å²) in [6.45, 7) is 1.83. The first-order valence-corrected chi connectivity index (χ1v) is 3.57. The molecule has 0 amide bonds. The summed E-state index contributed by atoms with van der Waals surface area (Å²) in [5, 5.41) is 0. The molecule has 0 atom stereocenters. The van der Waals surface area contributed by atoms with Crippen molar-refractivity contribution in [3.63, 3.8) is 0 Å². The van der Waals surface area contributed by atoms with E-state index in [9.17, 15) is 4.39 Å². The number of benzene rings is 1. The van der Waals surface area contributed by atoms with Crippen LogP contribution in [0.3, 0.4) is 0 Å². The molecule has 0 saturated heterocycles. The molecule has 3 heteroatoms. The van der Waals surface area contributed by atoms with Crippen molar-refractivity contribution in [1.29, 1.82) is 0 Å². The van der Waals surface area contributed by atoms with Crippen LogP contribution in [0.5, 0.6) is 11.5 Å². The van der Waals surface area contributed by atoms with Crippen molar-refractivity contribution in [2.75, 3.05) is 0 Å². The molecule has 2 rings (SSSR count). The van der Waals surface area contributed by atoms with E-state index in [1.54, 1.807) is 6.07 Å². The third-order valence-corrected chi connectivity index (χ3v) is 1.65. The summed E-state index contributed by atoms with van der Waals surface area (Å²) in [7, 11) is 0. The number of hydrogen-bond acceptors (Lipinski definition) is 2. The molecule has 1 aromatic carbocycles. The Kier molecular flexibility index (Phi) is 1.50. The largest absolute Gasteiger partial charge is 0.455 e. The van der Waals surface area contributed by atoms with E-state index in [4.69, 9.17) is 9.47 Å². The maximum absolute atomic E-state index is 12.6. The van der Waals surface area contributed by atoms with Gasteiger partial charge in [-0.05, 0) is 18.6 Å². The van der Waals surface area contributed by atoms with Crippen molar-refractivity contribution in [1.82, 2.24) is 0 Å². The molecule has 62 valence electrons. The molecule has 1 aliphatic heterocycles. The van der Waals surface area contributed by atoms with Crippen molar-refractivity contribution in [3.8, 4) is 11.5 Å². The van der Waals surface area contributed by atoms with Gasteiger partial charge in [0.2, 0.25) is 0 Å². The molecule has 1 heterocycles. The first-order valence-electron chi connectivity index (χ1n) is 3.57. The van der Waals surface area contributed by atoms with Gasteiger partial charge in [-0.15, -0.1) is 0 Å². The van der Waals surface area contributed by atoms with Crippen molar-refractivity contribution < 1.29 is 13.9 Å². The van der Waals surface area contributed by atoms with Crippen molar-refractivity contribution >= 4 is 0 Å². The van der Waals surface area contributed by atoms with Crippen LogP contribution >= 0.6 is 0 Å². The van der Waals surface area contributed by atoms with Gasteiger partial charge in [0.05, 0.1) is 0 Å². The summed E-state index contributed by atoms with van der Waals surface area (Å²) in [4.78, 5) is 0. The lowest BCUT2D eigenvalue weighted by Crippen LogP contribution is -2.02. The fraction of sp³-hybridized carbons (Fsp3) is 0.111. The van der Waals surface area contributed by atoms with Gasteiger partial charge in [0, 0.05) is 0 Å². The minimum absolute atomic E-state index is 0.456. The molecule has 1 aromatic rings. The molecule has 0 aromatic heterocycles. The molecule has 0 bridgehead atoms. The topological polar surface area (TPSA) is 18.5 Å². The monoisotopic (exact) mass is 166 g/mol. The van der Waals surface area contributed by atoms with Crippen LogP contribution in [0.15, 0.2) is 30.5 Å². The highest BCUT2D eigenvalue weighted by Crippen LogP contribution is 2.35. The molecule has 0 saturated carbocycles. The zero-order valence-electron chi connectivity index (χ0n) is 6.50. The average Bonchev–Trinajstić information content (AvgIpc) is 2.07. The summed E-state index contributed by atoms with van der Waals surface area (Å²) in [6.07, 6.45) is 0.946. The first kappa shape index (κ1) is 7.16. The number of halogens is 1. The number of fused-ring (bicyclic) bond motifs is 1. The number of para-hydroxylation sites is 1. The Hall–Kier alpha value is -1.51. The van der Waals surface area contributed by atoms with Gasteiger partial charge in [-0.25, -0.2) is 0 Å². The van der Waals surface area contributed by atoms with Crippen LogP contribution in [0.4, 0.5) is 4.39 Å². The van der Waals surface area contributed by atoms with Crippen LogP contribution in [-0.2, 0) is 0 Å². The Morgan fingerprint density at radius 2 is 2.17 bits per heavy atom. The molecule has 0 unspecified atom stereocenters. The highest BCUT2D eigenvalue weighted by Gasteiger charge is 2.14. The Morgan fingerprint density at radius 1 is 1.33 bits per heavy atom. The van der Waals surface area contributed by atoms with Gasteiger partial charge >= 0.3 is 6.01 Å². The van der Waals surface area contributed by atoms with Crippen LogP contribution in [0.1, 0.15) is 5.56 Å². The molecule has 0 spiro atoms. The SMILES string of the molecule is Cc1cccc2c1OC(F)=CO2. The van der Waals surface area contributed by atoms with E-state index in [-0.39, 0.29) is 0 Å². The zero-order chi connectivity index (χ0) is 8.55. The molecular formula is C9H7FO2. The Morgan fingerprint density at radius 3 is 3.00 bits per heavy atom. The summed E-state index contributed by atoms with van der Waals surface area (Å²) in [6, 6.07) is 4.68. The fourth-order valence-corrected chi connectivity index (χ4v) is 1.08. The van der Waals surface area contributed by atoms with Crippen molar-refractivity contribution in [2.24, 2.45) is 0 Å². The number of aryl methyl sites for hydroxylation is 1. The minimum Gasteiger partial charge on any atom is -0.455 e. The first-order chi connectivity index (χ1) is 5.77. The van der Waals surface area contributed by atoms with Gasteiger partial charge < -0.3 is 9.47 Å². The van der Waals surface area contributed by atoms with Gasteiger partial charge in [-0.2, -0.15) is 4.39 Å². The van der Waals surface area contributed by atoms with Gasteiger partial charge in [-0.1, -0.05) is 12.1 Å². The Bertz CT molecular complexity index is 344. The fourth-order valence-electron chi connectivity index (χ4n) is 1.08. The smallest absolute Gasteiger partial charge is 0.314 e. The Balaban J connectivity index is 2.49. The second-order valence-corrected chi connectivity index (χ2v) is 2.54. The molecule has 0 N–H and O–H groups in total.